The molecule has 0 amide bonds. The average molecular weight is 326 g/mol. The van der Waals surface area contributed by atoms with Crippen molar-refractivity contribution in [1.82, 2.24) is 4.72 Å². The molecule has 1 aromatic heterocycles. The predicted molar refractivity (Wildman–Crippen MR) is 79.3 cm³/mol. The summed E-state index contributed by atoms with van der Waals surface area (Å²) in [4.78, 5) is 0. The van der Waals surface area contributed by atoms with Gasteiger partial charge in [0.1, 0.15) is 4.21 Å². The van der Waals surface area contributed by atoms with E-state index in [9.17, 15) is 13.5 Å². The number of sulfonamides is 1. The summed E-state index contributed by atoms with van der Waals surface area (Å²) in [7, 11) is -3.59. The predicted octanol–water partition coefficient (Wildman–Crippen LogP) is 2.79. The van der Waals surface area contributed by atoms with Crippen molar-refractivity contribution in [1.29, 1.82) is 0 Å². The van der Waals surface area contributed by atoms with E-state index in [2.05, 4.69) is 4.72 Å². The standard InChI is InChI=1S/C12H20ClNO3S2/c1-8-5-10(18-11(8)13)19(16,17)14-7-9(15)6-12(2,3)4/h5,9,14-15H,6-7H2,1-4H3. The van der Waals surface area contributed by atoms with Gasteiger partial charge in [0.15, 0.2) is 0 Å². The minimum atomic E-state index is -3.59. The first kappa shape index (κ1) is 16.9. The van der Waals surface area contributed by atoms with Crippen LogP contribution in [-0.2, 0) is 10.0 Å². The van der Waals surface area contributed by atoms with Gasteiger partial charge in [-0.25, -0.2) is 13.1 Å². The van der Waals surface area contributed by atoms with E-state index in [1.165, 1.54) is 6.07 Å². The van der Waals surface area contributed by atoms with Crippen molar-refractivity contribution in [2.45, 2.75) is 44.4 Å². The molecule has 0 aromatic carbocycles. The van der Waals surface area contributed by atoms with Crippen LogP contribution >= 0.6 is 22.9 Å². The van der Waals surface area contributed by atoms with Crippen LogP contribution in [0, 0.1) is 12.3 Å². The minimum absolute atomic E-state index is 0.00811. The molecule has 1 heterocycles. The second-order valence-corrected chi connectivity index (χ2v) is 9.44. The molecule has 0 radical (unpaired) electrons. The zero-order chi connectivity index (χ0) is 14.8. The maximum absolute atomic E-state index is 12.0. The third-order valence-corrected chi connectivity index (χ3v) is 5.91. The molecular formula is C12H20ClNO3S2. The summed E-state index contributed by atoms with van der Waals surface area (Å²) in [6.45, 7) is 7.74. The Morgan fingerprint density at radius 1 is 1.47 bits per heavy atom. The summed E-state index contributed by atoms with van der Waals surface area (Å²) in [5.41, 5.74) is 0.690. The number of aliphatic hydroxyl groups is 1. The first-order valence-corrected chi connectivity index (χ1v) is 8.63. The molecule has 0 aliphatic carbocycles. The summed E-state index contributed by atoms with van der Waals surface area (Å²) < 4.78 is 27.1. The maximum atomic E-state index is 12.0. The van der Waals surface area contributed by atoms with Gasteiger partial charge in [0, 0.05) is 6.54 Å². The normalized spacial score (nSPS) is 14.6. The number of aryl methyl sites for hydroxylation is 1. The van der Waals surface area contributed by atoms with Crippen LogP contribution in [0.5, 0.6) is 0 Å². The number of aliphatic hydroxyl groups excluding tert-OH is 1. The highest BCUT2D eigenvalue weighted by Gasteiger charge is 2.22. The minimum Gasteiger partial charge on any atom is -0.392 e. The Bertz CT molecular complexity index is 512. The lowest BCUT2D eigenvalue weighted by Gasteiger charge is -2.22. The smallest absolute Gasteiger partial charge is 0.250 e. The van der Waals surface area contributed by atoms with Crippen molar-refractivity contribution in [2.75, 3.05) is 6.54 Å². The van der Waals surface area contributed by atoms with Crippen molar-refractivity contribution in [2.24, 2.45) is 5.41 Å². The fraction of sp³-hybridized carbons (Fsp3) is 0.667. The van der Waals surface area contributed by atoms with Crippen LogP contribution in [0.25, 0.3) is 0 Å². The van der Waals surface area contributed by atoms with Gasteiger partial charge in [0.2, 0.25) is 10.0 Å². The van der Waals surface area contributed by atoms with Gasteiger partial charge in [-0.15, -0.1) is 11.3 Å². The molecule has 0 aliphatic rings. The number of hydrogen-bond donors (Lipinski definition) is 2. The highest BCUT2D eigenvalue weighted by Crippen LogP contribution is 2.30. The van der Waals surface area contributed by atoms with E-state index in [0.29, 0.717) is 10.8 Å². The van der Waals surface area contributed by atoms with Gasteiger partial charge in [-0.05, 0) is 30.4 Å². The van der Waals surface area contributed by atoms with E-state index in [1.54, 1.807) is 6.92 Å². The second-order valence-electron chi connectivity index (χ2n) is 5.79. The third kappa shape index (κ3) is 5.39. The lowest BCUT2D eigenvalue weighted by atomic mass is 9.89. The van der Waals surface area contributed by atoms with E-state index < -0.39 is 16.1 Å². The first-order chi connectivity index (χ1) is 8.51. The van der Waals surface area contributed by atoms with Gasteiger partial charge in [0.05, 0.1) is 10.4 Å². The Morgan fingerprint density at radius 3 is 2.47 bits per heavy atom. The van der Waals surface area contributed by atoms with Crippen molar-refractivity contribution >= 4 is 33.0 Å². The van der Waals surface area contributed by atoms with Crippen LogP contribution in [0.15, 0.2) is 10.3 Å². The molecule has 1 unspecified atom stereocenters. The Balaban J connectivity index is 2.66. The number of thiophene rings is 1. The van der Waals surface area contributed by atoms with E-state index in [1.807, 2.05) is 20.8 Å². The lowest BCUT2D eigenvalue weighted by Crippen LogP contribution is -2.33. The van der Waals surface area contributed by atoms with Crippen molar-refractivity contribution in [3.05, 3.63) is 16.0 Å². The summed E-state index contributed by atoms with van der Waals surface area (Å²) in [6.07, 6.45) is -0.175. The highest BCUT2D eigenvalue weighted by molar-refractivity contribution is 7.91. The van der Waals surface area contributed by atoms with Gasteiger partial charge in [-0.2, -0.15) is 0 Å². The topological polar surface area (TPSA) is 66.4 Å². The summed E-state index contributed by atoms with van der Waals surface area (Å²) in [5.74, 6) is 0. The van der Waals surface area contributed by atoms with Crippen LogP contribution in [0.4, 0.5) is 0 Å². The molecule has 7 heteroatoms. The molecule has 0 spiro atoms. The zero-order valence-electron chi connectivity index (χ0n) is 11.5. The summed E-state index contributed by atoms with van der Waals surface area (Å²) in [5, 5.41) is 9.81. The Hall–Kier alpha value is -0.140. The zero-order valence-corrected chi connectivity index (χ0v) is 13.9. The second kappa shape index (κ2) is 6.10. The van der Waals surface area contributed by atoms with E-state index in [0.717, 1.165) is 16.9 Å². The van der Waals surface area contributed by atoms with Crippen molar-refractivity contribution < 1.29 is 13.5 Å². The molecule has 1 atom stereocenters. The molecule has 0 fully saturated rings. The van der Waals surface area contributed by atoms with E-state index >= 15 is 0 Å². The largest absolute Gasteiger partial charge is 0.392 e. The van der Waals surface area contributed by atoms with Gasteiger partial charge in [-0.3, -0.25) is 0 Å². The Morgan fingerprint density at radius 2 is 2.05 bits per heavy atom. The molecule has 0 aliphatic heterocycles. The van der Waals surface area contributed by atoms with E-state index in [-0.39, 0.29) is 16.2 Å². The SMILES string of the molecule is Cc1cc(S(=O)(=O)NCC(O)CC(C)(C)C)sc1Cl. The first-order valence-electron chi connectivity index (χ1n) is 5.95. The molecule has 2 N–H and O–H groups in total. The maximum Gasteiger partial charge on any atom is 0.250 e. The third-order valence-electron chi connectivity index (χ3n) is 2.46. The molecule has 110 valence electrons. The van der Waals surface area contributed by atoms with Gasteiger partial charge < -0.3 is 5.11 Å². The van der Waals surface area contributed by atoms with Crippen molar-refractivity contribution in [3.8, 4) is 0 Å². The molecule has 1 aromatic rings. The summed E-state index contributed by atoms with van der Waals surface area (Å²) in [6, 6.07) is 1.53. The molecule has 0 bridgehead atoms. The summed E-state index contributed by atoms with van der Waals surface area (Å²) >= 11 is 6.88. The van der Waals surface area contributed by atoms with Crippen LogP contribution in [0.2, 0.25) is 4.34 Å². The van der Waals surface area contributed by atoms with Crippen LogP contribution in [-0.4, -0.2) is 26.2 Å². The Kier molecular flexibility index (Phi) is 5.43. The number of halogens is 1. The molecule has 0 saturated heterocycles. The average Bonchev–Trinajstić information content (AvgIpc) is 2.55. The fourth-order valence-corrected chi connectivity index (χ4v) is 4.45. The van der Waals surface area contributed by atoms with E-state index in [4.69, 9.17) is 11.6 Å². The molecule has 0 saturated carbocycles. The van der Waals surface area contributed by atoms with Gasteiger partial charge in [0.25, 0.3) is 0 Å². The van der Waals surface area contributed by atoms with Crippen LogP contribution in [0.1, 0.15) is 32.8 Å². The monoisotopic (exact) mass is 325 g/mol. The quantitative estimate of drug-likeness (QED) is 0.874. The van der Waals surface area contributed by atoms with Crippen molar-refractivity contribution in [3.63, 3.8) is 0 Å². The molecule has 4 nitrogen and oxygen atoms in total. The number of rotatable bonds is 5. The van der Waals surface area contributed by atoms with Crippen LogP contribution < -0.4 is 4.72 Å². The fourth-order valence-electron chi connectivity index (χ4n) is 1.62. The molecular weight excluding hydrogens is 306 g/mol. The molecule has 1 rings (SSSR count). The van der Waals surface area contributed by atoms with Gasteiger partial charge in [-0.1, -0.05) is 32.4 Å². The van der Waals surface area contributed by atoms with Gasteiger partial charge >= 0.3 is 0 Å². The highest BCUT2D eigenvalue weighted by atomic mass is 35.5. The number of nitrogens with one attached hydrogen (secondary N) is 1. The Labute approximate surface area is 123 Å². The lowest BCUT2D eigenvalue weighted by molar-refractivity contribution is 0.125. The number of hydrogen-bond acceptors (Lipinski definition) is 4. The van der Waals surface area contributed by atoms with Crippen LogP contribution in [0.3, 0.4) is 0 Å². The molecule has 19 heavy (non-hydrogen) atoms.